The maximum Gasteiger partial charge on any atom is 0.0558 e. The van der Waals surface area contributed by atoms with Gasteiger partial charge in [0.15, 0.2) is 0 Å². The Balaban J connectivity index is 0.00000256. The molecule has 0 spiro atoms. The minimum Gasteiger partial charge on any atom is -0.395 e. The third-order valence-corrected chi connectivity index (χ3v) is 3.47. The standard InChI is InChI=1S/C13H28N2O.ClH/c1-2-3-4-9-15(10-11-16)12-13-5-7-14-8-6-13;/h13-14,16H,2-12H2,1H3;1H. The van der Waals surface area contributed by atoms with E-state index in [9.17, 15) is 0 Å². The maximum atomic E-state index is 9.07. The van der Waals surface area contributed by atoms with Gasteiger partial charge in [0.05, 0.1) is 6.61 Å². The molecule has 1 aliphatic heterocycles. The van der Waals surface area contributed by atoms with Crippen molar-refractivity contribution in [2.45, 2.75) is 39.0 Å². The van der Waals surface area contributed by atoms with E-state index in [-0.39, 0.29) is 12.4 Å². The van der Waals surface area contributed by atoms with Gasteiger partial charge in [0.2, 0.25) is 0 Å². The zero-order chi connectivity index (χ0) is 11.6. The summed E-state index contributed by atoms with van der Waals surface area (Å²) in [6.07, 6.45) is 6.47. The molecule has 0 saturated carbocycles. The minimum atomic E-state index is 0. The molecule has 0 atom stereocenters. The highest BCUT2D eigenvalue weighted by molar-refractivity contribution is 5.85. The molecule has 0 radical (unpaired) electrons. The van der Waals surface area contributed by atoms with Crippen LogP contribution in [0.1, 0.15) is 39.0 Å². The number of halogens is 1. The highest BCUT2D eigenvalue weighted by Gasteiger charge is 2.16. The van der Waals surface area contributed by atoms with Crippen LogP contribution in [0.25, 0.3) is 0 Å². The van der Waals surface area contributed by atoms with Crippen molar-refractivity contribution in [1.29, 1.82) is 0 Å². The number of hydrogen-bond acceptors (Lipinski definition) is 3. The fraction of sp³-hybridized carbons (Fsp3) is 1.00. The molecule has 0 aromatic carbocycles. The Morgan fingerprint density at radius 1 is 1.18 bits per heavy atom. The maximum absolute atomic E-state index is 9.07. The van der Waals surface area contributed by atoms with Gasteiger partial charge in [-0.25, -0.2) is 0 Å². The van der Waals surface area contributed by atoms with Crippen LogP contribution < -0.4 is 5.32 Å². The van der Waals surface area contributed by atoms with Crippen molar-refractivity contribution in [2.24, 2.45) is 5.92 Å². The Kier molecular flexibility index (Phi) is 11.4. The van der Waals surface area contributed by atoms with Crippen LogP contribution in [0, 0.1) is 5.92 Å². The van der Waals surface area contributed by atoms with Crippen LogP contribution in [0.2, 0.25) is 0 Å². The number of nitrogens with one attached hydrogen (secondary N) is 1. The largest absolute Gasteiger partial charge is 0.395 e. The molecular formula is C13H29ClN2O. The quantitative estimate of drug-likeness (QED) is 0.658. The molecule has 0 aromatic heterocycles. The van der Waals surface area contributed by atoms with Crippen molar-refractivity contribution < 1.29 is 5.11 Å². The SMILES string of the molecule is CCCCCN(CCO)CC1CCNCC1.Cl. The fourth-order valence-electron chi connectivity index (χ4n) is 2.45. The van der Waals surface area contributed by atoms with Gasteiger partial charge in [-0.3, -0.25) is 0 Å². The lowest BCUT2D eigenvalue weighted by Crippen LogP contribution is -2.37. The van der Waals surface area contributed by atoms with Gasteiger partial charge in [0, 0.05) is 13.1 Å². The predicted octanol–water partition coefficient (Wildman–Crippen LogP) is 1.89. The highest BCUT2D eigenvalue weighted by Crippen LogP contribution is 2.13. The number of nitrogens with zero attached hydrogens (tertiary/aromatic N) is 1. The van der Waals surface area contributed by atoms with Crippen molar-refractivity contribution in [3.8, 4) is 0 Å². The van der Waals surface area contributed by atoms with Gasteiger partial charge in [-0.05, 0) is 44.8 Å². The molecule has 1 aliphatic rings. The third kappa shape index (κ3) is 7.98. The molecule has 1 saturated heterocycles. The molecule has 4 heteroatoms. The van der Waals surface area contributed by atoms with Crippen LogP contribution in [0.3, 0.4) is 0 Å². The first kappa shape index (κ1) is 17.2. The van der Waals surface area contributed by atoms with E-state index in [4.69, 9.17) is 5.11 Å². The molecule has 1 rings (SSSR count). The Morgan fingerprint density at radius 3 is 2.47 bits per heavy atom. The third-order valence-electron chi connectivity index (χ3n) is 3.47. The van der Waals surface area contributed by atoms with E-state index in [0.29, 0.717) is 6.61 Å². The molecule has 0 aromatic rings. The molecular weight excluding hydrogens is 236 g/mol. The van der Waals surface area contributed by atoms with Gasteiger partial charge in [-0.1, -0.05) is 19.8 Å². The number of aliphatic hydroxyl groups is 1. The van der Waals surface area contributed by atoms with Crippen LogP contribution in [0.5, 0.6) is 0 Å². The average molecular weight is 265 g/mol. The number of aliphatic hydroxyl groups excluding tert-OH is 1. The van der Waals surface area contributed by atoms with Crippen molar-refractivity contribution in [3.63, 3.8) is 0 Å². The first-order valence-electron chi connectivity index (χ1n) is 6.90. The summed E-state index contributed by atoms with van der Waals surface area (Å²) < 4.78 is 0. The Hall–Kier alpha value is 0.170. The lowest BCUT2D eigenvalue weighted by atomic mass is 9.97. The van der Waals surface area contributed by atoms with Gasteiger partial charge < -0.3 is 15.3 Å². The molecule has 0 unspecified atom stereocenters. The monoisotopic (exact) mass is 264 g/mol. The second-order valence-electron chi connectivity index (χ2n) is 4.92. The van der Waals surface area contributed by atoms with Crippen molar-refractivity contribution >= 4 is 12.4 Å². The average Bonchev–Trinajstić information content (AvgIpc) is 2.31. The smallest absolute Gasteiger partial charge is 0.0558 e. The van der Waals surface area contributed by atoms with E-state index in [1.807, 2.05) is 0 Å². The van der Waals surface area contributed by atoms with Crippen LogP contribution in [0.4, 0.5) is 0 Å². The number of piperidine rings is 1. The summed E-state index contributed by atoms with van der Waals surface area (Å²) in [5.74, 6) is 0.842. The predicted molar refractivity (Wildman–Crippen MR) is 75.9 cm³/mol. The number of rotatable bonds is 8. The van der Waals surface area contributed by atoms with Gasteiger partial charge in [0.1, 0.15) is 0 Å². The van der Waals surface area contributed by atoms with E-state index in [0.717, 1.165) is 12.5 Å². The summed E-state index contributed by atoms with van der Waals surface area (Å²) in [4.78, 5) is 2.45. The van der Waals surface area contributed by atoms with Crippen molar-refractivity contribution in [1.82, 2.24) is 10.2 Å². The Labute approximate surface area is 112 Å². The summed E-state index contributed by atoms with van der Waals surface area (Å²) in [5.41, 5.74) is 0. The van der Waals surface area contributed by atoms with Gasteiger partial charge in [-0.2, -0.15) is 0 Å². The zero-order valence-electron chi connectivity index (χ0n) is 11.2. The first-order valence-corrected chi connectivity index (χ1v) is 6.90. The first-order chi connectivity index (χ1) is 7.86. The Morgan fingerprint density at radius 2 is 1.88 bits per heavy atom. The molecule has 1 fully saturated rings. The lowest BCUT2D eigenvalue weighted by Gasteiger charge is -2.29. The van der Waals surface area contributed by atoms with Gasteiger partial charge in [-0.15, -0.1) is 12.4 Å². The topological polar surface area (TPSA) is 35.5 Å². The summed E-state index contributed by atoms with van der Waals surface area (Å²) >= 11 is 0. The molecule has 17 heavy (non-hydrogen) atoms. The number of hydrogen-bond donors (Lipinski definition) is 2. The molecule has 1 heterocycles. The zero-order valence-corrected chi connectivity index (χ0v) is 12.0. The van der Waals surface area contributed by atoms with E-state index in [1.165, 1.54) is 58.3 Å². The van der Waals surface area contributed by atoms with E-state index in [2.05, 4.69) is 17.1 Å². The number of unbranched alkanes of at least 4 members (excludes halogenated alkanes) is 2. The molecule has 0 bridgehead atoms. The van der Waals surface area contributed by atoms with Crippen LogP contribution in [-0.2, 0) is 0 Å². The van der Waals surface area contributed by atoms with Crippen LogP contribution in [0.15, 0.2) is 0 Å². The van der Waals surface area contributed by atoms with Crippen molar-refractivity contribution in [3.05, 3.63) is 0 Å². The summed E-state index contributed by atoms with van der Waals surface area (Å²) in [7, 11) is 0. The minimum absolute atomic E-state index is 0. The van der Waals surface area contributed by atoms with Crippen LogP contribution in [-0.4, -0.2) is 49.3 Å². The molecule has 104 valence electrons. The summed E-state index contributed by atoms with van der Waals surface area (Å²) in [6, 6.07) is 0. The summed E-state index contributed by atoms with van der Waals surface area (Å²) in [6.45, 7) is 8.09. The summed E-state index contributed by atoms with van der Waals surface area (Å²) in [5, 5.41) is 12.5. The molecule has 2 N–H and O–H groups in total. The second kappa shape index (κ2) is 11.3. The lowest BCUT2D eigenvalue weighted by molar-refractivity contribution is 0.161. The van der Waals surface area contributed by atoms with Crippen molar-refractivity contribution in [2.75, 3.05) is 39.3 Å². The molecule has 3 nitrogen and oxygen atoms in total. The fourth-order valence-corrected chi connectivity index (χ4v) is 2.45. The van der Waals surface area contributed by atoms with E-state index >= 15 is 0 Å². The highest BCUT2D eigenvalue weighted by atomic mass is 35.5. The molecule has 0 aliphatic carbocycles. The Bertz CT molecular complexity index is 163. The normalized spacial score (nSPS) is 17.1. The van der Waals surface area contributed by atoms with Gasteiger partial charge >= 0.3 is 0 Å². The van der Waals surface area contributed by atoms with E-state index in [1.54, 1.807) is 0 Å². The second-order valence-corrected chi connectivity index (χ2v) is 4.92. The van der Waals surface area contributed by atoms with E-state index < -0.39 is 0 Å². The van der Waals surface area contributed by atoms with Crippen LogP contribution >= 0.6 is 12.4 Å². The van der Waals surface area contributed by atoms with Gasteiger partial charge in [0.25, 0.3) is 0 Å². The molecule has 0 amide bonds.